The van der Waals surface area contributed by atoms with Gasteiger partial charge in [-0.2, -0.15) is 0 Å². The van der Waals surface area contributed by atoms with E-state index in [0.29, 0.717) is 6.61 Å². The molecule has 0 radical (unpaired) electrons. The van der Waals surface area contributed by atoms with Crippen LogP contribution in [0.25, 0.3) is 0 Å². The first-order chi connectivity index (χ1) is 11.8. The molecule has 2 fully saturated rings. The van der Waals surface area contributed by atoms with Crippen molar-refractivity contribution in [1.82, 2.24) is 9.88 Å². The first kappa shape index (κ1) is 16.3. The van der Waals surface area contributed by atoms with Gasteiger partial charge in [-0.25, -0.2) is 4.98 Å². The van der Waals surface area contributed by atoms with E-state index in [0.717, 1.165) is 48.4 Å². The van der Waals surface area contributed by atoms with Gasteiger partial charge in [0.25, 0.3) is 0 Å². The van der Waals surface area contributed by atoms with Gasteiger partial charge in [-0.05, 0) is 12.1 Å². The number of hydrogen-bond acceptors (Lipinski definition) is 6. The van der Waals surface area contributed by atoms with Crippen molar-refractivity contribution in [3.8, 4) is 0 Å². The zero-order valence-corrected chi connectivity index (χ0v) is 14.9. The van der Waals surface area contributed by atoms with Crippen molar-refractivity contribution >= 4 is 28.1 Å². The predicted molar refractivity (Wildman–Crippen MR) is 95.8 cm³/mol. The number of ether oxygens (including phenoxy) is 2. The van der Waals surface area contributed by atoms with Gasteiger partial charge in [0.15, 0.2) is 11.4 Å². The Hall–Kier alpha value is -1.18. The third kappa shape index (κ3) is 3.73. The molecular formula is C17H20ClN3O2S. The minimum absolute atomic E-state index is 0.122. The van der Waals surface area contributed by atoms with Crippen LogP contribution < -0.4 is 4.90 Å². The van der Waals surface area contributed by atoms with Gasteiger partial charge in [-0.3, -0.25) is 4.90 Å². The molecule has 128 valence electrons. The summed E-state index contributed by atoms with van der Waals surface area (Å²) in [6.07, 6.45) is 1.72. The van der Waals surface area contributed by atoms with Crippen LogP contribution in [0.4, 0.5) is 5.13 Å². The molecule has 2 aliphatic rings. The van der Waals surface area contributed by atoms with Gasteiger partial charge < -0.3 is 14.4 Å². The van der Waals surface area contributed by atoms with Crippen molar-refractivity contribution < 1.29 is 9.47 Å². The molecule has 7 heteroatoms. The second-order valence-corrected chi connectivity index (χ2v) is 7.39. The van der Waals surface area contributed by atoms with Crippen LogP contribution in [0.3, 0.4) is 0 Å². The highest BCUT2D eigenvalue weighted by Gasteiger charge is 2.30. The number of rotatable bonds is 4. The molecule has 24 heavy (non-hydrogen) atoms. The molecule has 0 N–H and O–H groups in total. The number of halogens is 1. The second kappa shape index (κ2) is 7.37. The maximum absolute atomic E-state index is 6.06. The van der Waals surface area contributed by atoms with Crippen molar-refractivity contribution in [2.45, 2.75) is 12.4 Å². The zero-order valence-electron chi connectivity index (χ0n) is 13.3. The van der Waals surface area contributed by atoms with Crippen molar-refractivity contribution in [3.63, 3.8) is 0 Å². The second-order valence-electron chi connectivity index (χ2n) is 6.08. The smallest absolute Gasteiger partial charge is 0.185 e. The van der Waals surface area contributed by atoms with Crippen LogP contribution in [0, 0.1) is 0 Å². The van der Waals surface area contributed by atoms with E-state index in [1.807, 2.05) is 35.8 Å². The highest BCUT2D eigenvalue weighted by atomic mass is 35.5. The molecule has 3 heterocycles. The Kier molecular flexibility index (Phi) is 5.01. The molecule has 2 unspecified atom stereocenters. The van der Waals surface area contributed by atoms with Crippen molar-refractivity contribution in [2.75, 3.05) is 44.2 Å². The quantitative estimate of drug-likeness (QED) is 0.832. The fraction of sp³-hybridized carbons (Fsp3) is 0.471. The van der Waals surface area contributed by atoms with Crippen LogP contribution in [-0.4, -0.2) is 55.3 Å². The minimum Gasteiger partial charge on any atom is -0.346 e. The Balaban J connectivity index is 1.26. The Bertz CT molecular complexity index is 644. The maximum atomic E-state index is 6.06. The fourth-order valence-electron chi connectivity index (χ4n) is 3.12. The Morgan fingerprint density at radius 3 is 2.67 bits per heavy atom. The molecule has 0 bridgehead atoms. The molecule has 0 saturated carbocycles. The van der Waals surface area contributed by atoms with Gasteiger partial charge in [0.2, 0.25) is 0 Å². The summed E-state index contributed by atoms with van der Waals surface area (Å²) in [5.74, 6) is 0. The minimum atomic E-state index is -0.274. The van der Waals surface area contributed by atoms with E-state index in [9.17, 15) is 0 Å². The van der Waals surface area contributed by atoms with Crippen molar-refractivity contribution in [1.29, 1.82) is 0 Å². The normalized spacial score (nSPS) is 25.3. The number of piperazine rings is 1. The van der Waals surface area contributed by atoms with Crippen LogP contribution in [0.5, 0.6) is 0 Å². The highest BCUT2D eigenvalue weighted by molar-refractivity contribution is 7.13. The average Bonchev–Trinajstić information content (AvgIpc) is 3.28. The SMILES string of the molecule is Clc1ccc(C2OCC(CN3CCN(c4nccs4)CC3)O2)cc1. The van der Waals surface area contributed by atoms with E-state index >= 15 is 0 Å². The van der Waals surface area contributed by atoms with Crippen LogP contribution >= 0.6 is 22.9 Å². The number of nitrogens with zero attached hydrogens (tertiary/aromatic N) is 3. The topological polar surface area (TPSA) is 37.8 Å². The summed E-state index contributed by atoms with van der Waals surface area (Å²) in [6, 6.07) is 7.66. The highest BCUT2D eigenvalue weighted by Crippen LogP contribution is 2.28. The van der Waals surface area contributed by atoms with E-state index in [1.165, 1.54) is 0 Å². The maximum Gasteiger partial charge on any atom is 0.185 e. The summed E-state index contributed by atoms with van der Waals surface area (Å²) in [5, 5.41) is 3.88. The van der Waals surface area contributed by atoms with Gasteiger partial charge >= 0.3 is 0 Å². The molecule has 2 saturated heterocycles. The lowest BCUT2D eigenvalue weighted by Crippen LogP contribution is -2.48. The Labute approximate surface area is 150 Å². The summed E-state index contributed by atoms with van der Waals surface area (Å²) in [5.41, 5.74) is 1.02. The number of benzene rings is 1. The molecule has 1 aromatic carbocycles. The van der Waals surface area contributed by atoms with E-state index < -0.39 is 0 Å². The molecule has 0 spiro atoms. The van der Waals surface area contributed by atoms with Gasteiger partial charge in [-0.1, -0.05) is 23.7 Å². The largest absolute Gasteiger partial charge is 0.346 e. The molecule has 0 amide bonds. The van der Waals surface area contributed by atoms with Gasteiger partial charge in [0.1, 0.15) is 0 Å². The number of anilines is 1. The first-order valence-electron chi connectivity index (χ1n) is 8.17. The lowest BCUT2D eigenvalue weighted by Gasteiger charge is -2.35. The molecule has 5 nitrogen and oxygen atoms in total. The van der Waals surface area contributed by atoms with Crippen molar-refractivity contribution in [2.24, 2.45) is 0 Å². The predicted octanol–water partition coefficient (Wildman–Crippen LogP) is 3.03. The van der Waals surface area contributed by atoms with E-state index in [4.69, 9.17) is 21.1 Å². The number of hydrogen-bond donors (Lipinski definition) is 0. The zero-order chi connectivity index (χ0) is 16.4. The molecule has 0 aliphatic carbocycles. The van der Waals surface area contributed by atoms with Gasteiger partial charge in [0, 0.05) is 54.9 Å². The molecule has 2 aromatic rings. The lowest BCUT2D eigenvalue weighted by molar-refractivity contribution is -0.0644. The van der Waals surface area contributed by atoms with E-state index in [-0.39, 0.29) is 12.4 Å². The van der Waals surface area contributed by atoms with E-state index in [1.54, 1.807) is 11.3 Å². The molecule has 2 atom stereocenters. The van der Waals surface area contributed by atoms with Gasteiger partial charge in [0.05, 0.1) is 12.7 Å². The summed E-state index contributed by atoms with van der Waals surface area (Å²) >= 11 is 7.63. The van der Waals surface area contributed by atoms with Crippen LogP contribution in [0.2, 0.25) is 5.02 Å². The Morgan fingerprint density at radius 1 is 1.17 bits per heavy atom. The molecule has 4 rings (SSSR count). The number of aromatic nitrogens is 1. The summed E-state index contributed by atoms with van der Waals surface area (Å²) in [4.78, 5) is 9.19. The third-order valence-electron chi connectivity index (χ3n) is 4.42. The van der Waals surface area contributed by atoms with Crippen LogP contribution in [0.1, 0.15) is 11.9 Å². The Morgan fingerprint density at radius 2 is 1.96 bits per heavy atom. The molecular weight excluding hydrogens is 346 g/mol. The van der Waals surface area contributed by atoms with Crippen molar-refractivity contribution in [3.05, 3.63) is 46.4 Å². The first-order valence-corrected chi connectivity index (χ1v) is 9.43. The summed E-state index contributed by atoms with van der Waals surface area (Å²) in [7, 11) is 0. The van der Waals surface area contributed by atoms with Crippen LogP contribution in [-0.2, 0) is 9.47 Å². The average molecular weight is 366 g/mol. The lowest BCUT2D eigenvalue weighted by atomic mass is 10.2. The number of thiazole rings is 1. The van der Waals surface area contributed by atoms with Crippen LogP contribution in [0.15, 0.2) is 35.8 Å². The van der Waals surface area contributed by atoms with Gasteiger partial charge in [-0.15, -0.1) is 11.3 Å². The monoisotopic (exact) mass is 365 g/mol. The molecule has 2 aliphatic heterocycles. The van der Waals surface area contributed by atoms with E-state index in [2.05, 4.69) is 14.8 Å². The standard InChI is InChI=1S/C17H20ClN3O2S/c18-14-3-1-13(2-4-14)16-22-12-15(23-16)11-20-6-8-21(9-7-20)17-19-5-10-24-17/h1-5,10,15-16H,6-9,11-12H2. The third-order valence-corrected chi connectivity index (χ3v) is 5.50. The summed E-state index contributed by atoms with van der Waals surface area (Å²) in [6.45, 7) is 5.65. The summed E-state index contributed by atoms with van der Waals surface area (Å²) < 4.78 is 11.9. The molecule has 1 aromatic heterocycles. The fourth-order valence-corrected chi connectivity index (χ4v) is 3.94.